The summed E-state index contributed by atoms with van der Waals surface area (Å²) in [7, 11) is -1.31. The standard InChI is InChI=1S/C9H21BN2O4/c1-6(2-3-10(15)16)4-7(5-11)8(12)9(13)14/h6-8,15-16H,2-5,11-12H2,1H3,(H,13,14). The molecule has 0 bridgehead atoms. The molecular formula is C9H21BN2O4. The van der Waals surface area contributed by atoms with Crippen LogP contribution >= 0.6 is 0 Å². The predicted octanol–water partition coefficient (Wildman–Crippen LogP) is -1.14. The molecule has 0 aliphatic carbocycles. The van der Waals surface area contributed by atoms with E-state index in [1.807, 2.05) is 6.92 Å². The van der Waals surface area contributed by atoms with E-state index in [-0.39, 0.29) is 24.7 Å². The minimum Gasteiger partial charge on any atom is -0.480 e. The Kier molecular flexibility index (Phi) is 7.32. The third-order valence-corrected chi connectivity index (χ3v) is 2.72. The van der Waals surface area contributed by atoms with E-state index >= 15 is 0 Å². The van der Waals surface area contributed by atoms with E-state index < -0.39 is 19.1 Å². The van der Waals surface area contributed by atoms with Crippen LogP contribution in [0, 0.1) is 11.8 Å². The SMILES string of the molecule is CC(CCB(O)O)CC(CN)C(N)C(=O)O. The number of hydrogen-bond acceptors (Lipinski definition) is 5. The van der Waals surface area contributed by atoms with Crippen molar-refractivity contribution in [3.05, 3.63) is 0 Å². The Morgan fingerprint density at radius 2 is 2.00 bits per heavy atom. The van der Waals surface area contributed by atoms with Gasteiger partial charge in [-0.25, -0.2) is 0 Å². The average Bonchev–Trinajstić information content (AvgIpc) is 2.21. The zero-order chi connectivity index (χ0) is 12.7. The highest BCUT2D eigenvalue weighted by molar-refractivity contribution is 6.40. The number of nitrogens with two attached hydrogens (primary N) is 2. The summed E-state index contributed by atoms with van der Waals surface area (Å²) in [5.41, 5.74) is 11.0. The first-order chi connectivity index (χ1) is 7.38. The Hall–Kier alpha value is -0.625. The highest BCUT2D eigenvalue weighted by Gasteiger charge is 2.25. The van der Waals surface area contributed by atoms with Gasteiger partial charge in [0.2, 0.25) is 0 Å². The van der Waals surface area contributed by atoms with E-state index in [0.717, 1.165) is 0 Å². The largest absolute Gasteiger partial charge is 0.480 e. The van der Waals surface area contributed by atoms with Gasteiger partial charge in [0.15, 0.2) is 0 Å². The van der Waals surface area contributed by atoms with Crippen molar-refractivity contribution < 1.29 is 19.9 Å². The number of hydrogen-bond donors (Lipinski definition) is 5. The molecule has 0 radical (unpaired) electrons. The number of rotatable bonds is 8. The molecule has 0 aliphatic heterocycles. The molecule has 6 nitrogen and oxygen atoms in total. The first kappa shape index (κ1) is 15.4. The van der Waals surface area contributed by atoms with E-state index in [4.69, 9.17) is 26.6 Å². The van der Waals surface area contributed by atoms with Crippen molar-refractivity contribution in [2.75, 3.05) is 6.54 Å². The van der Waals surface area contributed by atoms with Gasteiger partial charge in [0.05, 0.1) is 0 Å². The first-order valence-electron chi connectivity index (χ1n) is 5.43. The van der Waals surface area contributed by atoms with Gasteiger partial charge in [0.25, 0.3) is 0 Å². The summed E-state index contributed by atoms with van der Waals surface area (Å²) in [6.45, 7) is 2.14. The van der Waals surface area contributed by atoms with E-state index in [9.17, 15) is 4.79 Å². The topological polar surface area (TPSA) is 130 Å². The van der Waals surface area contributed by atoms with Crippen LogP contribution < -0.4 is 11.5 Å². The molecule has 0 rings (SSSR count). The second-order valence-corrected chi connectivity index (χ2v) is 4.26. The van der Waals surface area contributed by atoms with Crippen molar-refractivity contribution in [3.8, 4) is 0 Å². The zero-order valence-corrected chi connectivity index (χ0v) is 9.54. The summed E-state index contributed by atoms with van der Waals surface area (Å²) >= 11 is 0. The Morgan fingerprint density at radius 1 is 1.44 bits per heavy atom. The molecule has 0 saturated heterocycles. The Morgan fingerprint density at radius 3 is 2.38 bits per heavy atom. The van der Waals surface area contributed by atoms with Gasteiger partial charge >= 0.3 is 13.1 Å². The van der Waals surface area contributed by atoms with Gasteiger partial charge in [-0.1, -0.05) is 13.3 Å². The molecule has 0 aliphatic rings. The highest BCUT2D eigenvalue weighted by Crippen LogP contribution is 2.19. The second-order valence-electron chi connectivity index (χ2n) is 4.26. The van der Waals surface area contributed by atoms with Crippen LogP contribution in [0.25, 0.3) is 0 Å². The molecule has 3 atom stereocenters. The maximum absolute atomic E-state index is 10.7. The summed E-state index contributed by atoms with van der Waals surface area (Å²) in [6, 6.07) is -0.952. The molecule has 3 unspecified atom stereocenters. The molecule has 16 heavy (non-hydrogen) atoms. The van der Waals surface area contributed by atoms with Crippen molar-refractivity contribution in [3.63, 3.8) is 0 Å². The number of carbonyl (C=O) groups is 1. The minimum absolute atomic E-state index is 0.167. The first-order valence-corrected chi connectivity index (χ1v) is 5.43. The lowest BCUT2D eigenvalue weighted by molar-refractivity contribution is -0.139. The van der Waals surface area contributed by atoms with Crippen molar-refractivity contribution in [2.24, 2.45) is 23.3 Å². The van der Waals surface area contributed by atoms with Crippen molar-refractivity contribution in [1.82, 2.24) is 0 Å². The van der Waals surface area contributed by atoms with Gasteiger partial charge in [-0.3, -0.25) is 4.79 Å². The van der Waals surface area contributed by atoms with Crippen LogP contribution in [-0.4, -0.2) is 40.8 Å². The predicted molar refractivity (Wildman–Crippen MR) is 61.6 cm³/mol. The van der Waals surface area contributed by atoms with Gasteiger partial charge in [-0.05, 0) is 31.1 Å². The number of carboxylic acid groups (broad SMARTS) is 1. The van der Waals surface area contributed by atoms with Crippen molar-refractivity contribution in [1.29, 1.82) is 0 Å². The molecule has 0 spiro atoms. The lowest BCUT2D eigenvalue weighted by Crippen LogP contribution is -2.42. The van der Waals surface area contributed by atoms with Crippen molar-refractivity contribution in [2.45, 2.75) is 32.1 Å². The number of aliphatic carboxylic acids is 1. The molecule has 7 N–H and O–H groups in total. The van der Waals surface area contributed by atoms with Crippen LogP contribution in [0.3, 0.4) is 0 Å². The Bertz CT molecular complexity index is 216. The van der Waals surface area contributed by atoms with Crippen LogP contribution in [0.1, 0.15) is 19.8 Å². The third kappa shape index (κ3) is 6.07. The van der Waals surface area contributed by atoms with Crippen LogP contribution in [0.15, 0.2) is 0 Å². The van der Waals surface area contributed by atoms with Crippen LogP contribution in [0.4, 0.5) is 0 Å². The molecule has 94 valence electrons. The van der Waals surface area contributed by atoms with E-state index in [2.05, 4.69) is 0 Å². The van der Waals surface area contributed by atoms with Gasteiger partial charge in [0, 0.05) is 0 Å². The quantitative estimate of drug-likeness (QED) is 0.336. The molecule has 0 fully saturated rings. The third-order valence-electron chi connectivity index (χ3n) is 2.72. The fourth-order valence-corrected chi connectivity index (χ4v) is 1.66. The number of carboxylic acids is 1. The molecule has 0 saturated carbocycles. The average molecular weight is 232 g/mol. The van der Waals surface area contributed by atoms with E-state index in [1.165, 1.54) is 0 Å². The molecule has 0 aromatic carbocycles. The minimum atomic E-state index is -1.31. The van der Waals surface area contributed by atoms with E-state index in [1.54, 1.807) is 0 Å². The van der Waals surface area contributed by atoms with Gasteiger partial charge < -0.3 is 26.6 Å². The lowest BCUT2D eigenvalue weighted by Gasteiger charge is -2.22. The fraction of sp³-hybridized carbons (Fsp3) is 0.889. The molecular weight excluding hydrogens is 211 g/mol. The van der Waals surface area contributed by atoms with Crippen LogP contribution in [0.5, 0.6) is 0 Å². The smallest absolute Gasteiger partial charge is 0.451 e. The van der Waals surface area contributed by atoms with Crippen LogP contribution in [-0.2, 0) is 4.79 Å². The Labute approximate surface area is 95.8 Å². The lowest BCUT2D eigenvalue weighted by atomic mass is 9.78. The summed E-state index contributed by atoms with van der Waals surface area (Å²) < 4.78 is 0. The maximum atomic E-state index is 10.7. The molecule has 7 heteroatoms. The van der Waals surface area contributed by atoms with E-state index in [0.29, 0.717) is 12.8 Å². The summed E-state index contributed by atoms with van der Waals surface area (Å²) in [4.78, 5) is 10.7. The normalized spacial score (nSPS) is 16.6. The maximum Gasteiger partial charge on any atom is 0.451 e. The second kappa shape index (κ2) is 7.62. The Balaban J connectivity index is 4.06. The van der Waals surface area contributed by atoms with Gasteiger partial charge in [-0.15, -0.1) is 0 Å². The summed E-state index contributed by atoms with van der Waals surface area (Å²) in [5, 5.41) is 26.2. The monoisotopic (exact) mass is 232 g/mol. The molecule has 0 heterocycles. The molecule has 0 amide bonds. The summed E-state index contributed by atoms with van der Waals surface area (Å²) in [5.74, 6) is -1.16. The van der Waals surface area contributed by atoms with Crippen molar-refractivity contribution >= 4 is 13.1 Å². The molecule has 0 aromatic heterocycles. The highest BCUT2D eigenvalue weighted by atomic mass is 16.4. The van der Waals surface area contributed by atoms with Gasteiger partial charge in [-0.2, -0.15) is 0 Å². The van der Waals surface area contributed by atoms with Gasteiger partial charge in [0.1, 0.15) is 6.04 Å². The molecule has 0 aromatic rings. The zero-order valence-electron chi connectivity index (χ0n) is 9.54. The fourth-order valence-electron chi connectivity index (χ4n) is 1.66. The van der Waals surface area contributed by atoms with Crippen LogP contribution in [0.2, 0.25) is 6.32 Å². The summed E-state index contributed by atoms with van der Waals surface area (Å²) in [6.07, 6.45) is 1.47.